The molecule has 20 heavy (non-hydrogen) atoms. The number of nitrogens with zero attached hydrogens (tertiary/aromatic N) is 1. The van der Waals surface area contributed by atoms with Crippen LogP contribution in [0.4, 0.5) is 10.5 Å². The molecular formula is C15H20N2O3. The van der Waals surface area contributed by atoms with Crippen molar-refractivity contribution < 1.29 is 14.7 Å². The molecule has 0 fully saturated rings. The Hall–Kier alpha value is -2.04. The Bertz CT molecular complexity index is 502. The molecule has 0 saturated carbocycles. The number of carbonyl (C=O) groups excluding carboxylic acids is 1. The lowest BCUT2D eigenvalue weighted by molar-refractivity contribution is -0.137. The first-order chi connectivity index (χ1) is 9.58. The Labute approximate surface area is 118 Å². The molecule has 0 aliphatic carbocycles. The van der Waals surface area contributed by atoms with E-state index in [2.05, 4.69) is 18.3 Å². The summed E-state index contributed by atoms with van der Waals surface area (Å²) in [4.78, 5) is 24.4. The van der Waals surface area contributed by atoms with Crippen molar-refractivity contribution in [2.75, 3.05) is 18.0 Å². The Morgan fingerprint density at radius 2 is 2.15 bits per heavy atom. The molecular weight excluding hydrogens is 256 g/mol. The van der Waals surface area contributed by atoms with Crippen molar-refractivity contribution in [3.8, 4) is 0 Å². The quantitative estimate of drug-likeness (QED) is 0.829. The molecule has 0 spiro atoms. The van der Waals surface area contributed by atoms with Gasteiger partial charge in [0, 0.05) is 25.2 Å². The average molecular weight is 276 g/mol. The van der Waals surface area contributed by atoms with Crippen molar-refractivity contribution in [1.82, 2.24) is 5.32 Å². The first-order valence-corrected chi connectivity index (χ1v) is 6.93. The van der Waals surface area contributed by atoms with Crippen molar-refractivity contribution in [2.24, 2.45) is 5.92 Å². The molecule has 0 radical (unpaired) electrons. The summed E-state index contributed by atoms with van der Waals surface area (Å²) in [5.41, 5.74) is 2.15. The summed E-state index contributed by atoms with van der Waals surface area (Å²) in [6, 6.07) is 7.78. The van der Waals surface area contributed by atoms with Crippen LogP contribution in [0, 0.1) is 5.92 Å². The van der Waals surface area contributed by atoms with E-state index >= 15 is 0 Å². The van der Waals surface area contributed by atoms with Crippen LogP contribution >= 0.6 is 0 Å². The van der Waals surface area contributed by atoms with E-state index in [9.17, 15) is 9.59 Å². The molecule has 2 N–H and O–H groups in total. The number of amides is 2. The first-order valence-electron chi connectivity index (χ1n) is 6.93. The zero-order valence-corrected chi connectivity index (χ0v) is 11.6. The van der Waals surface area contributed by atoms with E-state index in [1.54, 1.807) is 4.90 Å². The molecule has 1 aliphatic heterocycles. The van der Waals surface area contributed by atoms with E-state index in [1.807, 2.05) is 18.2 Å². The van der Waals surface area contributed by atoms with Crippen LogP contribution in [-0.4, -0.2) is 30.2 Å². The molecule has 0 aromatic heterocycles. The van der Waals surface area contributed by atoms with Crippen LogP contribution in [0.25, 0.3) is 0 Å². The van der Waals surface area contributed by atoms with Crippen LogP contribution in [0.1, 0.15) is 25.3 Å². The van der Waals surface area contributed by atoms with Crippen molar-refractivity contribution in [3.63, 3.8) is 0 Å². The minimum absolute atomic E-state index is 0.0767. The number of fused-ring (bicyclic) bond motifs is 1. The highest BCUT2D eigenvalue weighted by atomic mass is 16.4. The summed E-state index contributed by atoms with van der Waals surface area (Å²) in [5.74, 6) is -0.411. The van der Waals surface area contributed by atoms with Gasteiger partial charge in [0.25, 0.3) is 0 Å². The number of benzene rings is 1. The normalized spacial score (nSPS) is 17.4. The highest BCUT2D eigenvalue weighted by Gasteiger charge is 2.25. The lowest BCUT2D eigenvalue weighted by Gasteiger charge is -2.33. The number of hydrogen-bond acceptors (Lipinski definition) is 2. The third kappa shape index (κ3) is 3.50. The maximum absolute atomic E-state index is 12.2. The number of para-hydroxylation sites is 1. The van der Waals surface area contributed by atoms with Gasteiger partial charge >= 0.3 is 12.0 Å². The van der Waals surface area contributed by atoms with Gasteiger partial charge in [-0.2, -0.15) is 0 Å². The van der Waals surface area contributed by atoms with Gasteiger partial charge in [-0.15, -0.1) is 0 Å². The Morgan fingerprint density at radius 1 is 1.40 bits per heavy atom. The fraction of sp³-hybridized carbons (Fsp3) is 0.467. The number of carbonyl (C=O) groups is 2. The number of urea groups is 1. The summed E-state index contributed by atoms with van der Waals surface area (Å²) >= 11 is 0. The van der Waals surface area contributed by atoms with E-state index in [0.717, 1.165) is 12.1 Å². The van der Waals surface area contributed by atoms with Gasteiger partial charge in [0.2, 0.25) is 0 Å². The predicted octanol–water partition coefficient (Wildman–Crippen LogP) is 2.26. The van der Waals surface area contributed by atoms with E-state index in [1.165, 1.54) is 5.56 Å². The lowest BCUT2D eigenvalue weighted by atomic mass is 9.94. The van der Waals surface area contributed by atoms with Gasteiger partial charge in [0.1, 0.15) is 0 Å². The van der Waals surface area contributed by atoms with Crippen LogP contribution in [0.15, 0.2) is 24.3 Å². The molecule has 1 unspecified atom stereocenters. The minimum Gasteiger partial charge on any atom is -0.481 e. The molecule has 2 rings (SSSR count). The highest BCUT2D eigenvalue weighted by molar-refractivity contribution is 5.93. The lowest BCUT2D eigenvalue weighted by Crippen LogP contribution is -2.45. The summed E-state index contributed by atoms with van der Waals surface area (Å²) in [6.45, 7) is 3.21. The van der Waals surface area contributed by atoms with Crippen molar-refractivity contribution in [1.29, 1.82) is 0 Å². The van der Waals surface area contributed by atoms with Gasteiger partial charge in [-0.1, -0.05) is 25.1 Å². The SMILES string of the molecule is CC1Cc2ccccc2N(C(=O)NCCCC(=O)O)C1. The smallest absolute Gasteiger partial charge is 0.321 e. The van der Waals surface area contributed by atoms with Gasteiger partial charge in [0.15, 0.2) is 0 Å². The molecule has 5 heteroatoms. The summed E-state index contributed by atoms with van der Waals surface area (Å²) in [6.07, 6.45) is 1.51. The summed E-state index contributed by atoms with van der Waals surface area (Å²) in [7, 11) is 0. The van der Waals surface area contributed by atoms with Gasteiger partial charge in [-0.05, 0) is 30.4 Å². The predicted molar refractivity (Wildman–Crippen MR) is 76.9 cm³/mol. The topological polar surface area (TPSA) is 69.6 Å². The van der Waals surface area contributed by atoms with Crippen LogP contribution in [-0.2, 0) is 11.2 Å². The second-order valence-corrected chi connectivity index (χ2v) is 5.28. The fourth-order valence-corrected chi connectivity index (χ4v) is 2.52. The fourth-order valence-electron chi connectivity index (χ4n) is 2.52. The van der Waals surface area contributed by atoms with Crippen molar-refractivity contribution >= 4 is 17.7 Å². The number of carboxylic acid groups (broad SMARTS) is 1. The molecule has 1 heterocycles. The molecule has 2 amide bonds. The van der Waals surface area contributed by atoms with E-state index in [4.69, 9.17) is 5.11 Å². The molecule has 1 atom stereocenters. The molecule has 1 aliphatic rings. The minimum atomic E-state index is -0.837. The van der Waals surface area contributed by atoms with E-state index in [0.29, 0.717) is 25.4 Å². The van der Waals surface area contributed by atoms with Gasteiger partial charge < -0.3 is 10.4 Å². The number of hydrogen-bond donors (Lipinski definition) is 2. The molecule has 0 bridgehead atoms. The van der Waals surface area contributed by atoms with Crippen LogP contribution in [0.2, 0.25) is 0 Å². The largest absolute Gasteiger partial charge is 0.481 e. The Morgan fingerprint density at radius 3 is 2.90 bits per heavy atom. The van der Waals surface area contributed by atoms with Crippen LogP contribution in [0.3, 0.4) is 0 Å². The van der Waals surface area contributed by atoms with Gasteiger partial charge in [-0.25, -0.2) is 4.79 Å². The molecule has 1 aromatic carbocycles. The number of aliphatic carboxylic acids is 1. The summed E-state index contributed by atoms with van der Waals surface area (Å²) in [5, 5.41) is 11.4. The number of carboxylic acids is 1. The standard InChI is InChI=1S/C15H20N2O3/c1-11-9-12-5-2-3-6-13(12)17(10-11)15(20)16-8-4-7-14(18)19/h2-3,5-6,11H,4,7-10H2,1H3,(H,16,20)(H,18,19). The number of anilines is 1. The van der Waals surface area contributed by atoms with E-state index < -0.39 is 5.97 Å². The van der Waals surface area contributed by atoms with Gasteiger partial charge in [-0.3, -0.25) is 9.69 Å². The summed E-state index contributed by atoms with van der Waals surface area (Å²) < 4.78 is 0. The maximum Gasteiger partial charge on any atom is 0.321 e. The van der Waals surface area contributed by atoms with Crippen LogP contribution < -0.4 is 10.2 Å². The molecule has 108 valence electrons. The highest BCUT2D eigenvalue weighted by Crippen LogP contribution is 2.29. The third-order valence-electron chi connectivity index (χ3n) is 3.43. The molecule has 1 aromatic rings. The Balaban J connectivity index is 1.97. The van der Waals surface area contributed by atoms with Crippen molar-refractivity contribution in [3.05, 3.63) is 29.8 Å². The first kappa shape index (κ1) is 14.4. The van der Waals surface area contributed by atoms with Crippen LogP contribution in [0.5, 0.6) is 0 Å². The Kier molecular flexibility index (Phi) is 4.61. The average Bonchev–Trinajstić information content (AvgIpc) is 2.42. The second-order valence-electron chi connectivity index (χ2n) is 5.28. The zero-order chi connectivity index (χ0) is 14.5. The number of nitrogens with one attached hydrogen (secondary N) is 1. The zero-order valence-electron chi connectivity index (χ0n) is 11.6. The number of rotatable bonds is 4. The van der Waals surface area contributed by atoms with E-state index in [-0.39, 0.29) is 12.5 Å². The molecule has 0 saturated heterocycles. The maximum atomic E-state index is 12.2. The monoisotopic (exact) mass is 276 g/mol. The van der Waals surface area contributed by atoms with Gasteiger partial charge in [0.05, 0.1) is 0 Å². The molecule has 5 nitrogen and oxygen atoms in total. The van der Waals surface area contributed by atoms with Crippen molar-refractivity contribution in [2.45, 2.75) is 26.2 Å². The second kappa shape index (κ2) is 6.41. The third-order valence-corrected chi connectivity index (χ3v) is 3.43.